The Labute approximate surface area is 329 Å². The highest BCUT2D eigenvalue weighted by Crippen LogP contribution is 2.63. The topological polar surface area (TPSA) is 3.24 Å². The van der Waals surface area contributed by atoms with Gasteiger partial charge in [0.15, 0.2) is 0 Å². The maximum atomic E-state index is 2.52. The molecular weight excluding hydrogens is 675 g/mol. The molecule has 0 N–H and O–H groups in total. The van der Waals surface area contributed by atoms with Crippen LogP contribution in [0.3, 0.4) is 0 Å². The third-order valence-electron chi connectivity index (χ3n) is 13.7. The molecule has 8 aromatic rings. The minimum Gasteiger partial charge on any atom is -0.310 e. The summed E-state index contributed by atoms with van der Waals surface area (Å²) in [7, 11) is 0. The summed E-state index contributed by atoms with van der Waals surface area (Å²) in [6.07, 6.45) is 6.39. The van der Waals surface area contributed by atoms with Gasteiger partial charge in [0.05, 0.1) is 5.41 Å². The lowest BCUT2D eigenvalue weighted by atomic mass is 9.68. The molecule has 1 fully saturated rings. The molecule has 0 radical (unpaired) electrons. The van der Waals surface area contributed by atoms with Gasteiger partial charge in [-0.1, -0.05) is 171 Å². The average Bonchev–Trinajstić information content (AvgIpc) is 3.84. The number of hydrogen-bond acceptors (Lipinski definition) is 1. The van der Waals surface area contributed by atoms with Crippen molar-refractivity contribution in [2.75, 3.05) is 4.90 Å². The molecule has 0 heterocycles. The Morgan fingerprint density at radius 1 is 0.304 bits per heavy atom. The van der Waals surface area contributed by atoms with Gasteiger partial charge < -0.3 is 4.90 Å². The second-order valence-corrected chi connectivity index (χ2v) is 16.3. The first-order valence-electron chi connectivity index (χ1n) is 20.4. The molecule has 0 atom stereocenters. The molecule has 1 nitrogen and oxygen atoms in total. The van der Waals surface area contributed by atoms with E-state index >= 15 is 0 Å². The molecule has 0 bridgehead atoms. The minimum absolute atomic E-state index is 0.125. The average molecular weight is 716 g/mol. The lowest BCUT2D eigenvalue weighted by molar-refractivity contribution is 0.353. The number of benzene rings is 8. The van der Waals surface area contributed by atoms with Crippen LogP contribution in [0.25, 0.3) is 44.5 Å². The van der Waals surface area contributed by atoms with Crippen molar-refractivity contribution in [2.24, 2.45) is 0 Å². The number of hydrogen-bond donors (Lipinski definition) is 0. The zero-order valence-electron chi connectivity index (χ0n) is 31.4. The van der Waals surface area contributed by atoms with Crippen LogP contribution in [0.1, 0.15) is 65.5 Å². The molecule has 0 unspecified atom stereocenters. The summed E-state index contributed by atoms with van der Waals surface area (Å²) >= 11 is 0. The lowest BCUT2D eigenvalue weighted by Crippen LogP contribution is -2.28. The fourth-order valence-electron chi connectivity index (χ4n) is 11.4. The Morgan fingerprint density at radius 3 is 1.38 bits per heavy atom. The standard InChI is InChI=1S/C55H41N/c1-3-15-37(16-4-1)38-25-27-39(28-26-38)56(40-30-32-49-47(35-40)45-20-5-9-21-48(45)54(49)33-13-2-14-34-54)41-29-31-46-44-19-8-12-24-52(44)55(53(46)36-41)50-22-10-6-17-42(50)43-18-7-11-23-51(43)55/h1,3-12,15-32,35-36H,2,13-14,33-34H2. The second-order valence-electron chi connectivity index (χ2n) is 16.3. The minimum atomic E-state index is -0.401. The zero-order valence-corrected chi connectivity index (χ0v) is 31.4. The molecule has 0 amide bonds. The third-order valence-corrected chi connectivity index (χ3v) is 13.7. The molecule has 4 aliphatic rings. The molecular formula is C55H41N. The van der Waals surface area contributed by atoms with Gasteiger partial charge in [0.2, 0.25) is 0 Å². The molecule has 0 saturated heterocycles. The summed E-state index contributed by atoms with van der Waals surface area (Å²) in [6.45, 7) is 0. The Bertz CT molecular complexity index is 2770. The van der Waals surface area contributed by atoms with Gasteiger partial charge in [-0.3, -0.25) is 0 Å². The van der Waals surface area contributed by atoms with Crippen LogP contribution in [-0.4, -0.2) is 0 Å². The van der Waals surface area contributed by atoms with Crippen LogP contribution < -0.4 is 4.90 Å². The molecule has 56 heavy (non-hydrogen) atoms. The molecule has 4 aliphatic carbocycles. The van der Waals surface area contributed by atoms with Crippen LogP contribution in [-0.2, 0) is 10.8 Å². The van der Waals surface area contributed by atoms with Gasteiger partial charge in [-0.2, -0.15) is 0 Å². The van der Waals surface area contributed by atoms with Gasteiger partial charge in [-0.25, -0.2) is 0 Å². The van der Waals surface area contributed by atoms with Crippen molar-refractivity contribution >= 4 is 17.1 Å². The molecule has 1 heteroatoms. The molecule has 1 saturated carbocycles. The first-order chi connectivity index (χ1) is 27.8. The van der Waals surface area contributed by atoms with Crippen molar-refractivity contribution < 1.29 is 0 Å². The van der Waals surface area contributed by atoms with Crippen molar-refractivity contribution in [2.45, 2.75) is 42.9 Å². The van der Waals surface area contributed by atoms with E-state index in [-0.39, 0.29) is 5.41 Å². The van der Waals surface area contributed by atoms with Gasteiger partial charge >= 0.3 is 0 Å². The first kappa shape index (κ1) is 31.9. The van der Waals surface area contributed by atoms with Gasteiger partial charge in [0.25, 0.3) is 0 Å². The van der Waals surface area contributed by atoms with E-state index in [1.54, 1.807) is 0 Å². The maximum absolute atomic E-state index is 2.52. The number of anilines is 3. The maximum Gasteiger partial charge on any atom is 0.0726 e. The molecule has 0 aliphatic heterocycles. The van der Waals surface area contributed by atoms with Gasteiger partial charge in [0.1, 0.15) is 0 Å². The summed E-state index contributed by atoms with van der Waals surface area (Å²) in [5.74, 6) is 0. The van der Waals surface area contributed by atoms with Crippen molar-refractivity contribution in [1.82, 2.24) is 0 Å². The van der Waals surface area contributed by atoms with Crippen LogP contribution in [0, 0.1) is 0 Å². The predicted molar refractivity (Wildman–Crippen MR) is 232 cm³/mol. The van der Waals surface area contributed by atoms with Crippen LogP contribution in [0.4, 0.5) is 17.1 Å². The third kappa shape index (κ3) is 4.26. The van der Waals surface area contributed by atoms with Crippen molar-refractivity contribution in [1.29, 1.82) is 0 Å². The van der Waals surface area contributed by atoms with E-state index in [0.717, 1.165) is 5.69 Å². The number of rotatable bonds is 4. The second kappa shape index (κ2) is 12.0. The van der Waals surface area contributed by atoms with E-state index in [1.807, 2.05) is 0 Å². The van der Waals surface area contributed by atoms with Crippen LogP contribution >= 0.6 is 0 Å². The smallest absolute Gasteiger partial charge is 0.0726 e. The Balaban J connectivity index is 1.09. The van der Waals surface area contributed by atoms with Crippen molar-refractivity contribution in [3.8, 4) is 44.5 Å². The Morgan fingerprint density at radius 2 is 0.750 bits per heavy atom. The lowest BCUT2D eigenvalue weighted by Gasteiger charge is -2.36. The predicted octanol–water partition coefficient (Wildman–Crippen LogP) is 14.4. The van der Waals surface area contributed by atoms with Crippen LogP contribution in [0.5, 0.6) is 0 Å². The van der Waals surface area contributed by atoms with Crippen LogP contribution in [0.15, 0.2) is 188 Å². The van der Waals surface area contributed by atoms with Crippen LogP contribution in [0.2, 0.25) is 0 Å². The Kier molecular flexibility index (Phi) is 6.84. The zero-order chi connectivity index (χ0) is 36.8. The summed E-state index contributed by atoms with van der Waals surface area (Å²) in [6, 6.07) is 71.1. The van der Waals surface area contributed by atoms with E-state index in [4.69, 9.17) is 0 Å². The SMILES string of the molecule is c1ccc(-c2ccc(N(c3ccc4c(c3)-c3ccccc3C43CCCCC3)c3ccc4c(c3)C3(c5ccccc5-c5ccccc53)c3ccccc3-4)cc2)cc1. The normalized spacial score (nSPS) is 15.8. The van der Waals surface area contributed by atoms with Gasteiger partial charge in [-0.05, 0) is 127 Å². The number of nitrogens with zero attached hydrogens (tertiary/aromatic N) is 1. The van der Waals surface area contributed by atoms with Gasteiger partial charge in [-0.15, -0.1) is 0 Å². The fraction of sp³-hybridized carbons (Fsp3) is 0.127. The monoisotopic (exact) mass is 715 g/mol. The molecule has 8 aromatic carbocycles. The molecule has 2 spiro atoms. The fourth-order valence-corrected chi connectivity index (χ4v) is 11.4. The first-order valence-corrected chi connectivity index (χ1v) is 20.4. The summed E-state index contributed by atoms with van der Waals surface area (Å²) < 4.78 is 0. The Hall–Kier alpha value is -6.44. The summed E-state index contributed by atoms with van der Waals surface area (Å²) in [5.41, 5.74) is 22.3. The summed E-state index contributed by atoms with van der Waals surface area (Å²) in [4.78, 5) is 2.51. The van der Waals surface area contributed by atoms with Gasteiger partial charge in [0, 0.05) is 22.5 Å². The van der Waals surface area contributed by atoms with E-state index < -0.39 is 5.41 Å². The van der Waals surface area contributed by atoms with Crippen molar-refractivity contribution in [3.63, 3.8) is 0 Å². The summed E-state index contributed by atoms with van der Waals surface area (Å²) in [5, 5.41) is 0. The highest BCUT2D eigenvalue weighted by atomic mass is 15.1. The van der Waals surface area contributed by atoms with E-state index in [9.17, 15) is 0 Å². The highest BCUT2D eigenvalue weighted by Gasteiger charge is 2.52. The quantitative estimate of drug-likeness (QED) is 0.175. The molecule has 0 aromatic heterocycles. The van der Waals surface area contributed by atoms with E-state index in [0.29, 0.717) is 0 Å². The van der Waals surface area contributed by atoms with E-state index in [1.165, 1.54) is 121 Å². The molecule has 12 rings (SSSR count). The highest BCUT2D eigenvalue weighted by molar-refractivity contribution is 5.96. The number of fused-ring (bicyclic) bond motifs is 15. The largest absolute Gasteiger partial charge is 0.310 e. The van der Waals surface area contributed by atoms with E-state index in [2.05, 4.69) is 193 Å². The van der Waals surface area contributed by atoms with Crippen molar-refractivity contribution in [3.05, 3.63) is 221 Å². The molecule has 266 valence electrons.